The predicted octanol–water partition coefficient (Wildman–Crippen LogP) is 3.14. The monoisotopic (exact) mass is 509 g/mol. The highest BCUT2D eigenvalue weighted by Gasteiger charge is 2.37. The van der Waals surface area contributed by atoms with Gasteiger partial charge < -0.3 is 15.3 Å². The van der Waals surface area contributed by atoms with Crippen LogP contribution in [0.4, 0.5) is 28.9 Å². The van der Waals surface area contributed by atoms with Gasteiger partial charge in [-0.05, 0) is 49.3 Å². The van der Waals surface area contributed by atoms with Gasteiger partial charge in [0.05, 0.1) is 23.0 Å². The number of carbonyl (C=O) groups is 2. The second-order valence-corrected chi connectivity index (χ2v) is 7.83. The molecule has 0 unspecified atom stereocenters. The number of rotatable bonds is 6. The number of halogens is 4. The zero-order valence-electron chi connectivity index (χ0n) is 18.1. The third-order valence-corrected chi connectivity index (χ3v) is 5.52. The molecule has 184 valence electrons. The van der Waals surface area contributed by atoms with Gasteiger partial charge >= 0.3 is 6.18 Å². The Bertz CT molecular complexity index is 1200. The third kappa shape index (κ3) is 5.72. The Labute approximate surface area is 202 Å². The summed E-state index contributed by atoms with van der Waals surface area (Å²) in [6.07, 6.45) is -3.41. The largest absolute Gasteiger partial charge is 0.419 e. The first kappa shape index (κ1) is 26.0. The first-order valence-electron chi connectivity index (χ1n) is 10.4. The van der Waals surface area contributed by atoms with Crippen LogP contribution in [0.2, 0.25) is 0 Å². The van der Waals surface area contributed by atoms with Crippen molar-refractivity contribution >= 4 is 40.5 Å². The molecule has 2 N–H and O–H groups in total. The highest BCUT2D eigenvalue weighted by Crippen LogP contribution is 2.34. The Balaban J connectivity index is 1.95. The molecule has 0 saturated carbocycles. The van der Waals surface area contributed by atoms with Gasteiger partial charge in [-0.3, -0.25) is 14.5 Å². The van der Waals surface area contributed by atoms with Gasteiger partial charge in [-0.15, -0.1) is 0 Å². The summed E-state index contributed by atoms with van der Waals surface area (Å²) in [5.74, 6) is -2.13. The van der Waals surface area contributed by atoms with Gasteiger partial charge in [0.2, 0.25) is 5.91 Å². The molecule has 35 heavy (non-hydrogen) atoms. The summed E-state index contributed by atoms with van der Waals surface area (Å²) in [6.45, 7) is 0.184. The van der Waals surface area contributed by atoms with Crippen LogP contribution in [-0.4, -0.2) is 46.7 Å². The molecule has 1 aromatic heterocycles. The highest BCUT2D eigenvalue weighted by atomic mass is 32.1. The van der Waals surface area contributed by atoms with Crippen molar-refractivity contribution in [2.75, 3.05) is 29.5 Å². The highest BCUT2D eigenvalue weighted by molar-refractivity contribution is 7.81. The molecule has 0 bridgehead atoms. The van der Waals surface area contributed by atoms with Crippen LogP contribution in [0.5, 0.6) is 0 Å². The van der Waals surface area contributed by atoms with E-state index in [4.69, 9.17) is 22.6 Å². The topological polar surface area (TPSA) is 110 Å². The number of nitrogens with one attached hydrogen (secondary N) is 1. The first-order valence-corrected chi connectivity index (χ1v) is 10.8. The van der Waals surface area contributed by atoms with E-state index in [1.807, 2.05) is 0 Å². The molecule has 2 heterocycles. The van der Waals surface area contributed by atoms with Crippen LogP contribution in [0.3, 0.4) is 0 Å². The number of carbonyl (C=O) groups excluding carboxylic acids is 2. The minimum Gasteiger partial charge on any atom is -0.396 e. The van der Waals surface area contributed by atoms with Crippen molar-refractivity contribution in [1.82, 2.24) is 10.3 Å². The van der Waals surface area contributed by atoms with Crippen molar-refractivity contribution in [2.24, 2.45) is 0 Å². The van der Waals surface area contributed by atoms with E-state index < -0.39 is 35.1 Å². The van der Waals surface area contributed by atoms with Crippen molar-refractivity contribution in [1.29, 1.82) is 5.26 Å². The SMILES string of the molecule is N#Cc1ncc(N2C(=O)CCCN(c3ccc(C(=O)NCCCO)c(F)c3)C2=S)cc1C(F)(F)F. The fourth-order valence-electron chi connectivity index (χ4n) is 3.43. The van der Waals surface area contributed by atoms with Gasteiger partial charge in [-0.2, -0.15) is 18.4 Å². The summed E-state index contributed by atoms with van der Waals surface area (Å²) >= 11 is 5.40. The molecule has 1 saturated heterocycles. The molecule has 0 aliphatic carbocycles. The molecule has 0 radical (unpaired) electrons. The van der Waals surface area contributed by atoms with Crippen LogP contribution in [0.15, 0.2) is 30.5 Å². The lowest BCUT2D eigenvalue weighted by Crippen LogP contribution is -2.44. The van der Waals surface area contributed by atoms with Gasteiger partial charge in [0, 0.05) is 31.8 Å². The van der Waals surface area contributed by atoms with Crippen molar-refractivity contribution in [3.05, 3.63) is 53.1 Å². The van der Waals surface area contributed by atoms with E-state index in [9.17, 15) is 27.2 Å². The van der Waals surface area contributed by atoms with Crippen LogP contribution in [0.1, 0.15) is 40.9 Å². The minimum absolute atomic E-state index is 0.0498. The smallest absolute Gasteiger partial charge is 0.396 e. The number of alkyl halides is 3. The Morgan fingerprint density at radius 3 is 2.66 bits per heavy atom. The molecule has 2 amide bonds. The third-order valence-electron chi connectivity index (χ3n) is 5.12. The standard InChI is InChI=1S/C22H19F4N5O3S/c23-17-10-13(4-5-15(17)20(34)28-6-2-8-32)30-7-1-3-19(33)31(21(30)35)14-9-16(22(24,25)26)18(11-27)29-12-14/h4-5,9-10,12,32H,1-3,6-8H2,(H,28,34). The summed E-state index contributed by atoms with van der Waals surface area (Å²) < 4.78 is 55.0. The number of anilines is 2. The molecule has 0 atom stereocenters. The Kier molecular flexibility index (Phi) is 7.98. The van der Waals surface area contributed by atoms with Gasteiger partial charge in [0.25, 0.3) is 5.91 Å². The molecule has 8 nitrogen and oxygen atoms in total. The van der Waals surface area contributed by atoms with E-state index in [1.54, 1.807) is 0 Å². The van der Waals surface area contributed by atoms with Crippen molar-refractivity contribution in [2.45, 2.75) is 25.4 Å². The maximum Gasteiger partial charge on any atom is 0.419 e. The number of benzene rings is 1. The number of nitriles is 1. The number of thiocarbonyl (C=S) groups is 1. The van der Waals surface area contributed by atoms with Gasteiger partial charge in [0.15, 0.2) is 10.8 Å². The average Bonchev–Trinajstić information content (AvgIpc) is 2.95. The zero-order chi connectivity index (χ0) is 25.8. The summed E-state index contributed by atoms with van der Waals surface area (Å²) in [7, 11) is 0. The average molecular weight is 509 g/mol. The minimum atomic E-state index is -4.89. The molecule has 1 aliphatic rings. The number of hydrogen-bond donors (Lipinski definition) is 2. The Morgan fingerprint density at radius 2 is 2.03 bits per heavy atom. The van der Waals surface area contributed by atoms with Crippen LogP contribution in [-0.2, 0) is 11.0 Å². The van der Waals surface area contributed by atoms with Crippen molar-refractivity contribution in [3.8, 4) is 6.07 Å². The van der Waals surface area contributed by atoms with E-state index in [0.29, 0.717) is 12.5 Å². The van der Waals surface area contributed by atoms with Gasteiger partial charge in [-0.1, -0.05) is 0 Å². The lowest BCUT2D eigenvalue weighted by atomic mass is 10.1. The van der Waals surface area contributed by atoms with E-state index in [1.165, 1.54) is 23.1 Å². The Morgan fingerprint density at radius 1 is 1.29 bits per heavy atom. The first-order chi connectivity index (χ1) is 16.6. The summed E-state index contributed by atoms with van der Waals surface area (Å²) in [6, 6.07) is 5.67. The number of nitrogens with zero attached hydrogens (tertiary/aromatic N) is 4. The lowest BCUT2D eigenvalue weighted by molar-refractivity contribution is -0.138. The summed E-state index contributed by atoms with van der Waals surface area (Å²) in [5, 5.41) is 20.0. The quantitative estimate of drug-likeness (QED) is 0.350. The normalized spacial score (nSPS) is 14.5. The fourth-order valence-corrected chi connectivity index (χ4v) is 3.83. The van der Waals surface area contributed by atoms with E-state index >= 15 is 0 Å². The maximum atomic E-state index is 14.7. The number of aromatic nitrogens is 1. The van der Waals surface area contributed by atoms with Crippen LogP contribution in [0, 0.1) is 17.1 Å². The number of amides is 2. The molecular formula is C22H19F4N5O3S. The van der Waals surface area contributed by atoms with Crippen LogP contribution < -0.4 is 15.1 Å². The molecule has 2 aromatic rings. The summed E-state index contributed by atoms with van der Waals surface area (Å²) in [4.78, 5) is 30.7. The molecular weight excluding hydrogens is 490 g/mol. The lowest BCUT2D eigenvalue weighted by Gasteiger charge is -2.30. The zero-order valence-corrected chi connectivity index (χ0v) is 18.9. The van der Waals surface area contributed by atoms with Crippen molar-refractivity contribution in [3.63, 3.8) is 0 Å². The van der Waals surface area contributed by atoms with E-state index in [0.717, 1.165) is 17.2 Å². The second-order valence-electron chi connectivity index (χ2n) is 7.46. The number of hydrogen-bond acceptors (Lipinski definition) is 6. The van der Waals surface area contributed by atoms with Crippen LogP contribution >= 0.6 is 12.2 Å². The van der Waals surface area contributed by atoms with Gasteiger partial charge in [-0.25, -0.2) is 9.37 Å². The van der Waals surface area contributed by atoms with Crippen molar-refractivity contribution < 1.29 is 32.3 Å². The fraction of sp³-hybridized carbons (Fsp3) is 0.318. The molecule has 3 rings (SSSR count). The predicted molar refractivity (Wildman–Crippen MR) is 121 cm³/mol. The van der Waals surface area contributed by atoms with Gasteiger partial charge in [0.1, 0.15) is 11.9 Å². The molecule has 1 aliphatic heterocycles. The Hall–Kier alpha value is -3.63. The second kappa shape index (κ2) is 10.7. The molecule has 1 aromatic carbocycles. The van der Waals surface area contributed by atoms with Crippen LogP contribution in [0.25, 0.3) is 0 Å². The molecule has 13 heteroatoms. The number of aliphatic hydroxyl groups excluding tert-OH is 1. The number of pyridine rings is 1. The molecule has 1 fully saturated rings. The molecule has 0 spiro atoms. The number of aliphatic hydroxyl groups is 1. The van der Waals surface area contributed by atoms with E-state index in [2.05, 4.69) is 10.3 Å². The maximum absolute atomic E-state index is 14.7. The van der Waals surface area contributed by atoms with E-state index in [-0.39, 0.29) is 54.6 Å². The summed E-state index contributed by atoms with van der Waals surface area (Å²) in [5.41, 5.74) is -2.49.